The number of benzene rings is 2. The smallest absolute Gasteiger partial charge is 0.342 e. The molecule has 2 aromatic carbocycles. The highest BCUT2D eigenvalue weighted by Crippen LogP contribution is 2.35. The Morgan fingerprint density at radius 3 is 2.52 bits per heavy atom. The zero-order valence-corrected chi connectivity index (χ0v) is 13.9. The Balaban J connectivity index is 1.94. The summed E-state index contributed by atoms with van der Waals surface area (Å²) in [5.41, 5.74) is 0.976. The first-order chi connectivity index (χ1) is 11.1. The van der Waals surface area contributed by atoms with Gasteiger partial charge in [-0.3, -0.25) is 4.98 Å². The van der Waals surface area contributed by atoms with Crippen molar-refractivity contribution in [1.82, 2.24) is 4.98 Å². The van der Waals surface area contributed by atoms with Crippen LogP contribution >= 0.6 is 15.9 Å². The normalized spacial score (nSPS) is 12.1. The number of hydrogen-bond acceptors (Lipinski definition) is 4. The quantitative estimate of drug-likeness (QED) is 0.682. The highest BCUT2D eigenvalue weighted by atomic mass is 79.9. The van der Waals surface area contributed by atoms with E-state index in [9.17, 15) is 9.90 Å². The van der Waals surface area contributed by atoms with E-state index in [1.165, 1.54) is 0 Å². The molecule has 0 saturated heterocycles. The molecule has 0 aliphatic rings. The number of halogens is 1. The average molecular weight is 372 g/mol. The second-order valence-corrected chi connectivity index (χ2v) is 5.98. The van der Waals surface area contributed by atoms with Crippen LogP contribution in [0.3, 0.4) is 0 Å². The summed E-state index contributed by atoms with van der Waals surface area (Å²) in [6.45, 7) is 1.78. The molecule has 116 valence electrons. The van der Waals surface area contributed by atoms with E-state index in [4.69, 9.17) is 4.74 Å². The molecular weight excluding hydrogens is 358 g/mol. The largest absolute Gasteiger partial charge is 0.506 e. The molecule has 3 aromatic rings. The third-order valence-corrected chi connectivity index (χ3v) is 4.30. The lowest BCUT2D eigenvalue weighted by molar-refractivity contribution is 0.0335. The number of rotatable bonds is 3. The third kappa shape index (κ3) is 3.05. The molecule has 0 unspecified atom stereocenters. The van der Waals surface area contributed by atoms with Gasteiger partial charge in [-0.2, -0.15) is 0 Å². The molecule has 0 aliphatic carbocycles. The number of aromatic hydroxyl groups is 1. The van der Waals surface area contributed by atoms with Crippen molar-refractivity contribution in [1.29, 1.82) is 0 Å². The Bertz CT molecular complexity index is 865. The summed E-state index contributed by atoms with van der Waals surface area (Å²) in [5.74, 6) is -0.644. The van der Waals surface area contributed by atoms with Gasteiger partial charge in [0.05, 0.1) is 0 Å². The second kappa shape index (κ2) is 6.38. The van der Waals surface area contributed by atoms with Crippen molar-refractivity contribution in [3.8, 4) is 5.75 Å². The highest BCUT2D eigenvalue weighted by molar-refractivity contribution is 9.10. The zero-order valence-electron chi connectivity index (χ0n) is 12.4. The number of phenols is 1. The number of fused-ring (bicyclic) bond motifs is 1. The Hall–Kier alpha value is -2.40. The van der Waals surface area contributed by atoms with Gasteiger partial charge in [0.2, 0.25) is 0 Å². The van der Waals surface area contributed by atoms with Crippen LogP contribution in [0.1, 0.15) is 28.9 Å². The Morgan fingerprint density at radius 1 is 1.17 bits per heavy atom. The van der Waals surface area contributed by atoms with Gasteiger partial charge in [-0.25, -0.2) is 4.79 Å². The third-order valence-electron chi connectivity index (χ3n) is 3.64. The maximum Gasteiger partial charge on any atom is 0.342 e. The standard InChI is InChI=1S/C18H14BrNO3/c1-11(12-6-8-20-9-7-12)23-18(22)15-10-16(19)13-4-2-3-5-14(13)17(15)21/h2-11,21H,1H3/t11-/m1/s1. The number of carbonyl (C=O) groups excluding carboxylic acids is 1. The van der Waals surface area contributed by atoms with Gasteiger partial charge in [-0.05, 0) is 36.1 Å². The van der Waals surface area contributed by atoms with Crippen molar-refractivity contribution >= 4 is 32.7 Å². The lowest BCUT2D eigenvalue weighted by Crippen LogP contribution is -2.10. The summed E-state index contributed by atoms with van der Waals surface area (Å²) in [6, 6.07) is 12.5. The van der Waals surface area contributed by atoms with Crippen molar-refractivity contribution in [3.05, 3.63) is 70.5 Å². The van der Waals surface area contributed by atoms with E-state index in [0.717, 1.165) is 15.4 Å². The number of aromatic nitrogens is 1. The first kappa shape index (κ1) is 15.5. The van der Waals surface area contributed by atoms with E-state index in [0.29, 0.717) is 5.39 Å². The van der Waals surface area contributed by atoms with E-state index < -0.39 is 12.1 Å². The van der Waals surface area contributed by atoms with Crippen molar-refractivity contribution in [3.63, 3.8) is 0 Å². The van der Waals surface area contributed by atoms with Gasteiger partial charge in [-0.1, -0.05) is 40.2 Å². The molecule has 5 heteroatoms. The molecular formula is C18H14BrNO3. The molecule has 0 spiro atoms. The topological polar surface area (TPSA) is 59.4 Å². The number of nitrogens with zero attached hydrogens (tertiary/aromatic N) is 1. The fourth-order valence-corrected chi connectivity index (χ4v) is 2.97. The number of ether oxygens (including phenoxy) is 1. The van der Waals surface area contributed by atoms with Crippen LogP contribution in [0.5, 0.6) is 5.75 Å². The lowest BCUT2D eigenvalue weighted by atomic mass is 10.1. The van der Waals surface area contributed by atoms with Crippen molar-refractivity contribution < 1.29 is 14.6 Å². The van der Waals surface area contributed by atoms with Crippen LogP contribution in [0, 0.1) is 0 Å². The molecule has 1 aromatic heterocycles. The van der Waals surface area contributed by atoms with Gasteiger partial charge in [0.25, 0.3) is 0 Å². The molecule has 1 atom stereocenters. The van der Waals surface area contributed by atoms with Crippen LogP contribution in [-0.4, -0.2) is 16.1 Å². The van der Waals surface area contributed by atoms with Gasteiger partial charge >= 0.3 is 5.97 Å². The van der Waals surface area contributed by atoms with Crippen LogP contribution in [0.2, 0.25) is 0 Å². The van der Waals surface area contributed by atoms with Crippen LogP contribution in [0.15, 0.2) is 59.3 Å². The number of phenolic OH excluding ortho intramolecular Hbond substituents is 1. The van der Waals surface area contributed by atoms with E-state index >= 15 is 0 Å². The van der Waals surface area contributed by atoms with Crippen LogP contribution < -0.4 is 0 Å². The summed E-state index contributed by atoms with van der Waals surface area (Å²) < 4.78 is 6.19. The zero-order chi connectivity index (χ0) is 16.4. The summed E-state index contributed by atoms with van der Waals surface area (Å²) in [7, 11) is 0. The fourth-order valence-electron chi connectivity index (χ4n) is 2.40. The predicted molar refractivity (Wildman–Crippen MR) is 91.4 cm³/mol. The summed E-state index contributed by atoms with van der Waals surface area (Å²) >= 11 is 3.43. The molecule has 0 aliphatic heterocycles. The minimum atomic E-state index is -0.571. The number of carbonyl (C=O) groups is 1. The highest BCUT2D eigenvalue weighted by Gasteiger charge is 2.20. The SMILES string of the molecule is C[C@@H](OC(=O)c1cc(Br)c2ccccc2c1O)c1ccncc1. The number of esters is 1. The van der Waals surface area contributed by atoms with Crippen LogP contribution in [-0.2, 0) is 4.74 Å². The Labute approximate surface area is 141 Å². The van der Waals surface area contributed by atoms with Gasteiger partial charge in [0.1, 0.15) is 17.4 Å². The molecule has 1 heterocycles. The Kier molecular flexibility index (Phi) is 4.30. The van der Waals surface area contributed by atoms with E-state index in [-0.39, 0.29) is 11.3 Å². The molecule has 0 fully saturated rings. The van der Waals surface area contributed by atoms with Crippen molar-refractivity contribution in [2.75, 3.05) is 0 Å². The van der Waals surface area contributed by atoms with Gasteiger partial charge in [-0.15, -0.1) is 0 Å². The average Bonchev–Trinajstić information content (AvgIpc) is 2.58. The first-order valence-electron chi connectivity index (χ1n) is 7.09. The van der Waals surface area contributed by atoms with E-state index in [1.807, 2.05) is 18.2 Å². The van der Waals surface area contributed by atoms with E-state index in [1.54, 1.807) is 43.6 Å². The van der Waals surface area contributed by atoms with Gasteiger partial charge < -0.3 is 9.84 Å². The number of pyridine rings is 1. The van der Waals surface area contributed by atoms with E-state index in [2.05, 4.69) is 20.9 Å². The molecule has 0 bridgehead atoms. The number of hydrogen-bond donors (Lipinski definition) is 1. The molecule has 23 heavy (non-hydrogen) atoms. The maximum absolute atomic E-state index is 12.4. The monoisotopic (exact) mass is 371 g/mol. The molecule has 0 saturated carbocycles. The van der Waals surface area contributed by atoms with Crippen molar-refractivity contribution in [2.24, 2.45) is 0 Å². The summed E-state index contributed by atoms with van der Waals surface area (Å²) in [6.07, 6.45) is 2.85. The first-order valence-corrected chi connectivity index (χ1v) is 7.88. The minimum Gasteiger partial charge on any atom is -0.506 e. The lowest BCUT2D eigenvalue weighted by Gasteiger charge is -2.15. The predicted octanol–water partition coefficient (Wildman–Crippen LogP) is 4.62. The van der Waals surface area contributed by atoms with Gasteiger partial charge in [0, 0.05) is 22.3 Å². The van der Waals surface area contributed by atoms with Crippen LogP contribution in [0.4, 0.5) is 0 Å². The van der Waals surface area contributed by atoms with Crippen LogP contribution in [0.25, 0.3) is 10.8 Å². The fraction of sp³-hybridized carbons (Fsp3) is 0.111. The molecule has 0 radical (unpaired) electrons. The molecule has 0 amide bonds. The maximum atomic E-state index is 12.4. The molecule has 4 nitrogen and oxygen atoms in total. The van der Waals surface area contributed by atoms with Gasteiger partial charge in [0.15, 0.2) is 0 Å². The molecule has 1 N–H and O–H groups in total. The Morgan fingerprint density at radius 2 is 1.83 bits per heavy atom. The summed E-state index contributed by atoms with van der Waals surface area (Å²) in [5, 5.41) is 11.8. The van der Waals surface area contributed by atoms with Crippen molar-refractivity contribution in [2.45, 2.75) is 13.0 Å². The summed E-state index contributed by atoms with van der Waals surface area (Å²) in [4.78, 5) is 16.4. The minimum absolute atomic E-state index is 0.0734. The second-order valence-electron chi connectivity index (χ2n) is 5.13. The molecule has 3 rings (SSSR count).